The van der Waals surface area contributed by atoms with Crippen LogP contribution in [0.5, 0.6) is 0 Å². The fourth-order valence-electron chi connectivity index (χ4n) is 1.86. The Kier molecular flexibility index (Phi) is 4.31. The first-order valence-electron chi connectivity index (χ1n) is 6.23. The van der Waals surface area contributed by atoms with Crippen LogP contribution in [0.25, 0.3) is 5.82 Å². The number of nitrogens with zero attached hydrogens (tertiary/aromatic N) is 4. The molecule has 21 heavy (non-hydrogen) atoms. The molecule has 0 amide bonds. The first-order valence-corrected chi connectivity index (χ1v) is 7.81. The molecule has 0 atom stereocenters. The number of halogens is 2. The Hall–Kier alpha value is -1.73. The molecule has 0 fully saturated rings. The van der Waals surface area contributed by atoms with Crippen molar-refractivity contribution < 1.29 is 0 Å². The van der Waals surface area contributed by atoms with E-state index in [1.54, 1.807) is 23.3 Å². The van der Waals surface area contributed by atoms with Gasteiger partial charge in [-0.15, -0.1) is 0 Å². The molecule has 3 aromatic heterocycles. The third-order valence-electron chi connectivity index (χ3n) is 2.84. The molecule has 0 unspecified atom stereocenters. The minimum absolute atomic E-state index is 0.591. The highest BCUT2D eigenvalue weighted by atomic mass is 79.9. The zero-order valence-corrected chi connectivity index (χ0v) is 14.0. The average Bonchev–Trinajstić information content (AvgIpc) is 3.01. The van der Waals surface area contributed by atoms with Crippen molar-refractivity contribution in [2.24, 2.45) is 0 Å². The second-order valence-electron chi connectivity index (χ2n) is 4.26. The molecular weight excluding hydrogens is 398 g/mol. The van der Waals surface area contributed by atoms with Crippen LogP contribution in [0.2, 0.25) is 0 Å². The van der Waals surface area contributed by atoms with Crippen molar-refractivity contribution in [2.75, 3.05) is 5.32 Å². The molecule has 0 saturated heterocycles. The Morgan fingerprint density at radius 2 is 2.05 bits per heavy atom. The largest absolute Gasteiger partial charge is 0.376 e. The van der Waals surface area contributed by atoms with Crippen LogP contribution in [0.3, 0.4) is 0 Å². The second kappa shape index (κ2) is 6.36. The molecule has 0 saturated carbocycles. The molecule has 1 N–H and O–H groups in total. The molecule has 0 radical (unpaired) electrons. The number of rotatable bonds is 4. The number of hydrogen-bond acceptors (Lipinski definition) is 4. The summed E-state index contributed by atoms with van der Waals surface area (Å²) in [5, 5.41) is 7.56. The molecule has 106 valence electrons. The van der Waals surface area contributed by atoms with E-state index in [1.807, 2.05) is 30.5 Å². The Labute approximate surface area is 138 Å². The summed E-state index contributed by atoms with van der Waals surface area (Å²) in [4.78, 5) is 8.75. The molecule has 5 nitrogen and oxygen atoms in total. The Bertz CT molecular complexity index is 743. The van der Waals surface area contributed by atoms with Gasteiger partial charge in [-0.1, -0.05) is 0 Å². The molecule has 3 aromatic rings. The minimum atomic E-state index is 0.591. The van der Waals surface area contributed by atoms with E-state index in [9.17, 15) is 0 Å². The summed E-state index contributed by atoms with van der Waals surface area (Å²) in [6.07, 6.45) is 7.11. The normalized spacial score (nSPS) is 10.6. The van der Waals surface area contributed by atoms with Crippen molar-refractivity contribution in [1.82, 2.24) is 19.7 Å². The van der Waals surface area contributed by atoms with Crippen molar-refractivity contribution in [3.63, 3.8) is 0 Å². The van der Waals surface area contributed by atoms with Crippen molar-refractivity contribution in [1.29, 1.82) is 0 Å². The van der Waals surface area contributed by atoms with E-state index in [2.05, 4.69) is 52.2 Å². The predicted octanol–water partition coefficient (Wildman–Crippen LogP) is 3.80. The molecule has 0 bridgehead atoms. The smallest absolute Gasteiger partial charge is 0.176 e. The number of pyridine rings is 2. The van der Waals surface area contributed by atoms with Crippen LogP contribution in [0.4, 0.5) is 5.69 Å². The minimum Gasteiger partial charge on any atom is -0.376 e. The SMILES string of the molecule is Brc1cnc(CNc2cccnc2-n2cccn2)c(Br)c1. The Morgan fingerprint density at radius 3 is 2.81 bits per heavy atom. The molecule has 3 heterocycles. The van der Waals surface area contributed by atoms with Crippen LogP contribution in [0.1, 0.15) is 5.69 Å². The van der Waals surface area contributed by atoms with Gasteiger partial charge in [-0.05, 0) is 56.1 Å². The molecule has 0 aliphatic heterocycles. The molecule has 3 rings (SSSR count). The zero-order chi connectivity index (χ0) is 14.7. The summed E-state index contributed by atoms with van der Waals surface area (Å²) in [6.45, 7) is 0.591. The third kappa shape index (κ3) is 3.30. The van der Waals surface area contributed by atoms with E-state index in [0.29, 0.717) is 6.54 Å². The zero-order valence-electron chi connectivity index (χ0n) is 10.9. The maximum atomic E-state index is 4.39. The lowest BCUT2D eigenvalue weighted by atomic mass is 10.3. The van der Waals surface area contributed by atoms with Crippen LogP contribution in [0.15, 0.2) is 58.0 Å². The first-order chi connectivity index (χ1) is 10.2. The van der Waals surface area contributed by atoms with E-state index in [1.165, 1.54) is 0 Å². The lowest BCUT2D eigenvalue weighted by Gasteiger charge is -2.11. The Morgan fingerprint density at radius 1 is 1.14 bits per heavy atom. The van der Waals surface area contributed by atoms with Crippen molar-refractivity contribution >= 4 is 37.5 Å². The van der Waals surface area contributed by atoms with Gasteiger partial charge in [0.15, 0.2) is 5.82 Å². The highest BCUT2D eigenvalue weighted by molar-refractivity contribution is 9.11. The standard InChI is InChI=1S/C14H11Br2N5/c15-10-7-11(16)13(18-8-10)9-19-12-3-1-4-17-14(12)21-6-2-5-20-21/h1-8,19H,9H2. The number of nitrogens with one attached hydrogen (secondary N) is 1. The quantitative estimate of drug-likeness (QED) is 0.713. The van der Waals surface area contributed by atoms with Gasteiger partial charge in [0.1, 0.15) is 0 Å². The van der Waals surface area contributed by atoms with E-state index in [4.69, 9.17) is 0 Å². The van der Waals surface area contributed by atoms with Gasteiger partial charge >= 0.3 is 0 Å². The summed E-state index contributed by atoms with van der Waals surface area (Å²) in [5.74, 6) is 0.760. The van der Waals surface area contributed by atoms with E-state index in [-0.39, 0.29) is 0 Å². The van der Waals surface area contributed by atoms with Crippen LogP contribution in [-0.2, 0) is 6.54 Å². The predicted molar refractivity (Wildman–Crippen MR) is 88.3 cm³/mol. The molecule has 7 heteroatoms. The molecule has 0 aromatic carbocycles. The highest BCUT2D eigenvalue weighted by Crippen LogP contribution is 2.22. The van der Waals surface area contributed by atoms with Crippen LogP contribution in [-0.4, -0.2) is 19.7 Å². The van der Waals surface area contributed by atoms with Gasteiger partial charge in [0.05, 0.1) is 17.9 Å². The molecular formula is C14H11Br2N5. The average molecular weight is 409 g/mol. The van der Waals surface area contributed by atoms with Gasteiger partial charge in [0.2, 0.25) is 0 Å². The van der Waals surface area contributed by atoms with Crippen molar-refractivity contribution in [2.45, 2.75) is 6.54 Å². The summed E-state index contributed by atoms with van der Waals surface area (Å²) in [6, 6.07) is 7.70. The molecule has 0 aliphatic rings. The van der Waals surface area contributed by atoms with Crippen LogP contribution >= 0.6 is 31.9 Å². The van der Waals surface area contributed by atoms with E-state index >= 15 is 0 Å². The van der Waals surface area contributed by atoms with Gasteiger partial charge < -0.3 is 5.32 Å². The van der Waals surface area contributed by atoms with Gasteiger partial charge in [0.25, 0.3) is 0 Å². The van der Waals surface area contributed by atoms with Gasteiger partial charge in [-0.2, -0.15) is 5.10 Å². The first kappa shape index (κ1) is 14.2. The highest BCUT2D eigenvalue weighted by Gasteiger charge is 2.07. The van der Waals surface area contributed by atoms with Crippen LogP contribution in [0, 0.1) is 0 Å². The van der Waals surface area contributed by atoms with Crippen LogP contribution < -0.4 is 5.32 Å². The lowest BCUT2D eigenvalue weighted by molar-refractivity contribution is 0.845. The van der Waals surface area contributed by atoms with E-state index < -0.39 is 0 Å². The second-order valence-corrected chi connectivity index (χ2v) is 6.03. The van der Waals surface area contributed by atoms with Gasteiger partial charge in [0, 0.05) is 33.7 Å². The number of anilines is 1. The summed E-state index contributed by atoms with van der Waals surface area (Å²) >= 11 is 6.91. The van der Waals surface area contributed by atoms with Gasteiger partial charge in [-0.25, -0.2) is 9.67 Å². The fourth-order valence-corrected chi connectivity index (χ4v) is 2.99. The maximum absolute atomic E-state index is 4.39. The number of aromatic nitrogens is 4. The molecule has 0 aliphatic carbocycles. The van der Waals surface area contributed by atoms with Crippen molar-refractivity contribution in [3.05, 3.63) is 63.7 Å². The fraction of sp³-hybridized carbons (Fsp3) is 0.0714. The summed E-state index contributed by atoms with van der Waals surface area (Å²) < 4.78 is 3.62. The van der Waals surface area contributed by atoms with Crippen molar-refractivity contribution in [3.8, 4) is 5.82 Å². The number of hydrogen-bond donors (Lipinski definition) is 1. The lowest BCUT2D eigenvalue weighted by Crippen LogP contribution is -2.07. The Balaban J connectivity index is 1.83. The monoisotopic (exact) mass is 407 g/mol. The third-order valence-corrected chi connectivity index (χ3v) is 3.96. The summed E-state index contributed by atoms with van der Waals surface area (Å²) in [5.41, 5.74) is 1.83. The molecule has 0 spiro atoms. The van der Waals surface area contributed by atoms with Gasteiger partial charge in [-0.3, -0.25) is 4.98 Å². The topological polar surface area (TPSA) is 55.6 Å². The summed E-state index contributed by atoms with van der Waals surface area (Å²) in [7, 11) is 0. The van der Waals surface area contributed by atoms with E-state index in [0.717, 1.165) is 26.1 Å². The maximum Gasteiger partial charge on any atom is 0.176 e.